The fourth-order valence-corrected chi connectivity index (χ4v) is 3.91. The maximum Gasteiger partial charge on any atom is 0.300 e. The lowest BCUT2D eigenvalue weighted by molar-refractivity contribution is -0.132. The summed E-state index contributed by atoms with van der Waals surface area (Å²) < 4.78 is 5.35. The van der Waals surface area contributed by atoms with Crippen molar-refractivity contribution in [2.24, 2.45) is 0 Å². The molecule has 156 valence electrons. The molecule has 2 aromatic carbocycles. The summed E-state index contributed by atoms with van der Waals surface area (Å²) in [6.07, 6.45) is 1.60. The molecule has 2 heterocycles. The lowest BCUT2D eigenvalue weighted by Crippen LogP contribution is -2.29. The Morgan fingerprint density at radius 3 is 2.35 bits per heavy atom. The largest absolute Gasteiger partial charge is 0.507 e. The maximum atomic E-state index is 13.1. The zero-order valence-electron chi connectivity index (χ0n) is 17.5. The van der Waals surface area contributed by atoms with Crippen LogP contribution in [-0.4, -0.2) is 28.9 Å². The zero-order valence-corrected chi connectivity index (χ0v) is 17.5. The molecule has 3 aromatic rings. The van der Waals surface area contributed by atoms with Crippen LogP contribution in [0.2, 0.25) is 0 Å². The number of anilines is 1. The Bertz CT molecular complexity index is 1190. The summed E-state index contributed by atoms with van der Waals surface area (Å²) >= 11 is 0. The first kappa shape index (κ1) is 20.3. The number of aromatic nitrogens is 1. The van der Waals surface area contributed by atoms with Crippen molar-refractivity contribution in [2.75, 3.05) is 12.0 Å². The Hall–Kier alpha value is -3.93. The van der Waals surface area contributed by atoms with E-state index < -0.39 is 17.7 Å². The highest BCUT2D eigenvalue weighted by atomic mass is 16.5. The van der Waals surface area contributed by atoms with Crippen molar-refractivity contribution in [1.29, 1.82) is 0 Å². The molecule has 1 unspecified atom stereocenters. The molecule has 0 saturated carbocycles. The number of aliphatic hydroxyl groups excluding tert-OH is 1. The number of carbonyl (C=O) groups excluding carboxylic acids is 2. The van der Waals surface area contributed by atoms with E-state index in [1.807, 2.05) is 19.9 Å². The van der Waals surface area contributed by atoms with E-state index in [0.29, 0.717) is 22.7 Å². The zero-order chi connectivity index (χ0) is 22.1. The molecule has 0 spiro atoms. The number of benzene rings is 2. The van der Waals surface area contributed by atoms with Gasteiger partial charge in [0, 0.05) is 17.4 Å². The average Bonchev–Trinajstić information content (AvgIpc) is 3.06. The number of ether oxygens (including phenoxy) is 1. The molecule has 6 heteroatoms. The van der Waals surface area contributed by atoms with Gasteiger partial charge in [-0.15, -0.1) is 0 Å². The van der Waals surface area contributed by atoms with Crippen molar-refractivity contribution in [3.63, 3.8) is 0 Å². The highest BCUT2D eigenvalue weighted by Crippen LogP contribution is 2.42. The van der Waals surface area contributed by atoms with Gasteiger partial charge < -0.3 is 9.84 Å². The van der Waals surface area contributed by atoms with Crippen LogP contribution >= 0.6 is 0 Å². The van der Waals surface area contributed by atoms with Crippen LogP contribution in [0.1, 0.15) is 28.4 Å². The molecule has 1 fully saturated rings. The van der Waals surface area contributed by atoms with E-state index in [2.05, 4.69) is 4.98 Å². The van der Waals surface area contributed by atoms with Gasteiger partial charge in [0.05, 0.1) is 18.4 Å². The molecule has 6 nitrogen and oxygen atoms in total. The number of aliphatic hydroxyl groups is 1. The van der Waals surface area contributed by atoms with Crippen LogP contribution in [0.25, 0.3) is 5.76 Å². The van der Waals surface area contributed by atoms with E-state index in [4.69, 9.17) is 4.74 Å². The van der Waals surface area contributed by atoms with E-state index in [-0.39, 0.29) is 11.3 Å². The summed E-state index contributed by atoms with van der Waals surface area (Å²) in [6.45, 7) is 3.67. The van der Waals surface area contributed by atoms with Gasteiger partial charge in [-0.1, -0.05) is 24.3 Å². The van der Waals surface area contributed by atoms with Crippen molar-refractivity contribution >= 4 is 23.1 Å². The van der Waals surface area contributed by atoms with E-state index in [0.717, 1.165) is 11.1 Å². The van der Waals surface area contributed by atoms with Crippen molar-refractivity contribution in [3.8, 4) is 5.75 Å². The summed E-state index contributed by atoms with van der Waals surface area (Å²) in [4.78, 5) is 32.0. The molecule has 1 aromatic heterocycles. The minimum atomic E-state index is -0.842. The SMILES string of the molecule is COc1cc(C)c(/C(O)=C2\C(=O)C(=O)N(c3ccccc3)C2c2ccccn2)cc1C. The minimum Gasteiger partial charge on any atom is -0.507 e. The van der Waals surface area contributed by atoms with E-state index >= 15 is 0 Å². The highest BCUT2D eigenvalue weighted by Gasteiger charge is 2.47. The molecular weight excluding hydrogens is 392 g/mol. The van der Waals surface area contributed by atoms with Crippen molar-refractivity contribution in [1.82, 2.24) is 4.98 Å². The Balaban J connectivity index is 1.96. The molecule has 1 aliphatic heterocycles. The van der Waals surface area contributed by atoms with Crippen LogP contribution in [0.15, 0.2) is 72.4 Å². The third-order valence-corrected chi connectivity index (χ3v) is 5.44. The van der Waals surface area contributed by atoms with E-state index in [9.17, 15) is 14.7 Å². The Morgan fingerprint density at radius 2 is 1.71 bits per heavy atom. The van der Waals surface area contributed by atoms with E-state index in [1.165, 1.54) is 4.90 Å². The predicted molar refractivity (Wildman–Crippen MR) is 118 cm³/mol. The molecule has 0 bridgehead atoms. The number of para-hydroxylation sites is 1. The van der Waals surface area contributed by atoms with Gasteiger partial charge >= 0.3 is 0 Å². The first-order valence-electron chi connectivity index (χ1n) is 9.86. The Labute approximate surface area is 180 Å². The van der Waals surface area contributed by atoms with Crippen LogP contribution in [0, 0.1) is 13.8 Å². The molecule has 1 aliphatic rings. The fraction of sp³-hybridized carbons (Fsp3) is 0.160. The fourth-order valence-electron chi connectivity index (χ4n) is 3.91. The highest BCUT2D eigenvalue weighted by molar-refractivity contribution is 6.51. The predicted octanol–water partition coefficient (Wildman–Crippen LogP) is 4.33. The second-order valence-corrected chi connectivity index (χ2v) is 7.40. The van der Waals surface area contributed by atoms with Gasteiger partial charge in [-0.25, -0.2) is 0 Å². The molecule has 1 atom stereocenters. The molecule has 1 saturated heterocycles. The minimum absolute atomic E-state index is 0.0141. The molecule has 4 rings (SSSR count). The molecule has 31 heavy (non-hydrogen) atoms. The number of pyridine rings is 1. The van der Waals surface area contributed by atoms with Gasteiger partial charge in [-0.05, 0) is 61.4 Å². The monoisotopic (exact) mass is 414 g/mol. The standard InChI is InChI=1S/C25H22N2O4/c1-15-14-20(31-3)16(2)13-18(15)23(28)21-22(19-11-7-8-12-26-19)27(25(30)24(21)29)17-9-5-4-6-10-17/h4-14,22,28H,1-3H3/b23-21+. The van der Waals surface area contributed by atoms with Gasteiger partial charge in [0.2, 0.25) is 0 Å². The second-order valence-electron chi connectivity index (χ2n) is 7.40. The molecular formula is C25H22N2O4. The van der Waals surface area contributed by atoms with Crippen molar-refractivity contribution < 1.29 is 19.4 Å². The number of amides is 1. The lowest BCUT2D eigenvalue weighted by atomic mass is 9.95. The van der Waals surface area contributed by atoms with Crippen LogP contribution in [0.5, 0.6) is 5.75 Å². The second kappa shape index (κ2) is 8.07. The summed E-state index contributed by atoms with van der Waals surface area (Å²) in [5.74, 6) is -0.994. The normalized spacial score (nSPS) is 17.8. The molecule has 0 aliphatic carbocycles. The van der Waals surface area contributed by atoms with Crippen molar-refractivity contribution in [3.05, 3.63) is 94.8 Å². The summed E-state index contributed by atoms with van der Waals surface area (Å²) in [6, 6.07) is 16.9. The number of ketones is 1. The van der Waals surface area contributed by atoms with Gasteiger partial charge in [-0.2, -0.15) is 0 Å². The number of nitrogens with zero attached hydrogens (tertiary/aromatic N) is 2. The number of carbonyl (C=O) groups is 2. The first-order valence-corrected chi connectivity index (χ1v) is 9.86. The Morgan fingerprint density at radius 1 is 1.00 bits per heavy atom. The van der Waals surface area contributed by atoms with Gasteiger partial charge in [-0.3, -0.25) is 19.5 Å². The van der Waals surface area contributed by atoms with Crippen LogP contribution in [0.4, 0.5) is 5.69 Å². The quantitative estimate of drug-likeness (QED) is 0.390. The topological polar surface area (TPSA) is 79.7 Å². The number of Topliss-reactive ketones (excluding diaryl/α,β-unsaturated/α-hetero) is 1. The van der Waals surface area contributed by atoms with Gasteiger partial charge in [0.1, 0.15) is 17.6 Å². The third kappa shape index (κ3) is 3.46. The molecule has 0 radical (unpaired) electrons. The summed E-state index contributed by atoms with van der Waals surface area (Å²) in [7, 11) is 1.58. The van der Waals surface area contributed by atoms with Gasteiger partial charge in [0.25, 0.3) is 11.7 Å². The van der Waals surface area contributed by atoms with Gasteiger partial charge in [0.15, 0.2) is 0 Å². The van der Waals surface area contributed by atoms with Crippen LogP contribution < -0.4 is 9.64 Å². The average molecular weight is 414 g/mol. The number of hydrogen-bond acceptors (Lipinski definition) is 5. The van der Waals surface area contributed by atoms with Crippen LogP contribution in [-0.2, 0) is 9.59 Å². The van der Waals surface area contributed by atoms with Crippen molar-refractivity contribution in [2.45, 2.75) is 19.9 Å². The number of hydrogen-bond donors (Lipinski definition) is 1. The Kier molecular flexibility index (Phi) is 5.29. The third-order valence-electron chi connectivity index (χ3n) is 5.44. The smallest absolute Gasteiger partial charge is 0.300 e. The first-order chi connectivity index (χ1) is 14.9. The van der Waals surface area contributed by atoms with Crippen LogP contribution in [0.3, 0.4) is 0 Å². The summed E-state index contributed by atoms with van der Waals surface area (Å²) in [5.41, 5.74) is 3.08. The summed E-state index contributed by atoms with van der Waals surface area (Å²) in [5, 5.41) is 11.3. The van der Waals surface area contributed by atoms with E-state index in [1.54, 1.807) is 67.9 Å². The lowest BCUT2D eigenvalue weighted by Gasteiger charge is -2.24. The maximum absolute atomic E-state index is 13.1. The number of rotatable bonds is 4. The molecule has 1 N–H and O–H groups in total. The number of aryl methyl sites for hydroxylation is 2. The molecule has 1 amide bonds. The number of methoxy groups -OCH3 is 1.